The lowest BCUT2D eigenvalue weighted by molar-refractivity contribution is 0.0927. The highest BCUT2D eigenvalue weighted by Crippen LogP contribution is 2.24. The molecule has 2 aromatic rings. The molecule has 1 aliphatic rings. The van der Waals surface area contributed by atoms with Gasteiger partial charge in [-0.2, -0.15) is 4.31 Å². The maximum Gasteiger partial charge on any atom is 0.243 e. The van der Waals surface area contributed by atoms with Crippen LogP contribution in [0.25, 0.3) is 0 Å². The highest BCUT2D eigenvalue weighted by atomic mass is 32.2. The minimum atomic E-state index is -3.71. The Morgan fingerprint density at radius 3 is 2.80 bits per heavy atom. The molecule has 5 nitrogen and oxygen atoms in total. The quantitative estimate of drug-likeness (QED) is 0.692. The Balaban J connectivity index is 1.91. The summed E-state index contributed by atoms with van der Waals surface area (Å²) in [5.41, 5.74) is 0.397. The summed E-state index contributed by atoms with van der Waals surface area (Å²) < 4.78 is 33.5. The van der Waals surface area contributed by atoms with E-state index in [1.807, 2.05) is 17.5 Å². The molecular weight excluding hydrogens is 358 g/mol. The number of thiophene rings is 1. The maximum atomic E-state index is 13.2. The molecule has 0 bridgehead atoms. The van der Waals surface area contributed by atoms with Crippen LogP contribution >= 0.6 is 11.3 Å². The van der Waals surface area contributed by atoms with Gasteiger partial charge < -0.3 is 4.74 Å². The first-order chi connectivity index (χ1) is 12.0. The summed E-state index contributed by atoms with van der Waals surface area (Å²) in [6.07, 6.45) is 1.74. The van der Waals surface area contributed by atoms with Gasteiger partial charge in [0.1, 0.15) is 0 Å². The van der Waals surface area contributed by atoms with E-state index in [1.165, 1.54) is 28.6 Å². The summed E-state index contributed by atoms with van der Waals surface area (Å²) in [7, 11) is -3.71. The summed E-state index contributed by atoms with van der Waals surface area (Å²) in [5.74, 6) is -0.152. The Hall–Kier alpha value is -1.54. The van der Waals surface area contributed by atoms with E-state index in [2.05, 4.69) is 0 Å². The van der Waals surface area contributed by atoms with Gasteiger partial charge in [-0.05, 0) is 43.3 Å². The number of carbonyl (C=O) groups excluding carboxylic acids is 1. The van der Waals surface area contributed by atoms with Crippen molar-refractivity contribution in [1.29, 1.82) is 0 Å². The molecule has 0 saturated carbocycles. The number of Topliss-reactive ketones (excluding diaryl/α,β-unsaturated/α-hetero) is 1. The molecule has 1 aromatic carbocycles. The zero-order valence-electron chi connectivity index (χ0n) is 14.1. The summed E-state index contributed by atoms with van der Waals surface area (Å²) >= 11 is 1.53. The van der Waals surface area contributed by atoms with Gasteiger partial charge in [-0.15, -0.1) is 11.3 Å². The van der Waals surface area contributed by atoms with Crippen LogP contribution in [0.15, 0.2) is 46.7 Å². The maximum absolute atomic E-state index is 13.2. The summed E-state index contributed by atoms with van der Waals surface area (Å²) in [6.45, 7) is 2.74. The van der Waals surface area contributed by atoms with Gasteiger partial charge >= 0.3 is 0 Å². The number of rotatable bonds is 7. The fourth-order valence-corrected chi connectivity index (χ4v) is 5.16. The van der Waals surface area contributed by atoms with Gasteiger partial charge in [-0.25, -0.2) is 8.42 Å². The number of ketones is 1. The molecule has 7 heteroatoms. The number of benzene rings is 1. The Morgan fingerprint density at radius 2 is 2.16 bits per heavy atom. The summed E-state index contributed by atoms with van der Waals surface area (Å²) in [4.78, 5) is 12.7. The largest absolute Gasteiger partial charge is 0.377 e. The van der Waals surface area contributed by atoms with Gasteiger partial charge in [0, 0.05) is 30.1 Å². The molecule has 0 aliphatic carbocycles. The fourth-order valence-electron chi connectivity index (χ4n) is 2.86. The van der Waals surface area contributed by atoms with Crippen LogP contribution in [-0.2, 0) is 21.3 Å². The van der Waals surface area contributed by atoms with Gasteiger partial charge in [0.05, 0.1) is 11.0 Å². The SMILES string of the molecule is CC(=O)c1cccc(S(=O)(=O)N(Cc2cccs2)CC2CCCO2)c1. The van der Waals surface area contributed by atoms with Crippen molar-refractivity contribution < 1.29 is 17.9 Å². The normalized spacial score (nSPS) is 17.9. The molecule has 25 heavy (non-hydrogen) atoms. The number of hydrogen-bond donors (Lipinski definition) is 0. The van der Waals surface area contributed by atoms with Crippen LogP contribution in [-0.4, -0.2) is 37.8 Å². The molecule has 0 spiro atoms. The van der Waals surface area contributed by atoms with E-state index >= 15 is 0 Å². The molecule has 0 radical (unpaired) electrons. The van der Waals surface area contributed by atoms with Gasteiger partial charge in [0.15, 0.2) is 5.78 Å². The first-order valence-electron chi connectivity index (χ1n) is 8.22. The summed E-state index contributed by atoms with van der Waals surface area (Å²) in [5, 5.41) is 1.93. The van der Waals surface area contributed by atoms with Crippen LogP contribution in [0.2, 0.25) is 0 Å². The lowest BCUT2D eigenvalue weighted by Gasteiger charge is -2.24. The third-order valence-corrected chi connectivity index (χ3v) is 6.89. The van der Waals surface area contributed by atoms with Crippen molar-refractivity contribution in [3.8, 4) is 0 Å². The highest BCUT2D eigenvalue weighted by molar-refractivity contribution is 7.89. The van der Waals surface area contributed by atoms with E-state index in [9.17, 15) is 13.2 Å². The van der Waals surface area contributed by atoms with E-state index in [0.717, 1.165) is 17.7 Å². The van der Waals surface area contributed by atoms with Crippen LogP contribution in [0.4, 0.5) is 0 Å². The second-order valence-electron chi connectivity index (χ2n) is 6.10. The highest BCUT2D eigenvalue weighted by Gasteiger charge is 2.29. The first-order valence-corrected chi connectivity index (χ1v) is 10.5. The topological polar surface area (TPSA) is 63.7 Å². The van der Waals surface area contributed by atoms with E-state index in [0.29, 0.717) is 25.3 Å². The second-order valence-corrected chi connectivity index (χ2v) is 9.07. The zero-order chi connectivity index (χ0) is 17.9. The summed E-state index contributed by atoms with van der Waals surface area (Å²) in [6, 6.07) is 10.1. The lowest BCUT2D eigenvalue weighted by Crippen LogP contribution is -2.36. The molecule has 2 heterocycles. The molecule has 1 saturated heterocycles. The number of hydrogen-bond acceptors (Lipinski definition) is 5. The molecule has 1 unspecified atom stereocenters. The molecule has 1 aliphatic heterocycles. The third kappa shape index (κ3) is 4.36. The molecule has 1 atom stereocenters. The predicted octanol–water partition coefficient (Wildman–Crippen LogP) is 3.32. The Morgan fingerprint density at radius 1 is 1.32 bits per heavy atom. The van der Waals surface area contributed by atoms with Crippen molar-refractivity contribution in [2.45, 2.75) is 37.3 Å². The van der Waals surface area contributed by atoms with Crippen molar-refractivity contribution in [3.63, 3.8) is 0 Å². The van der Waals surface area contributed by atoms with Crippen molar-refractivity contribution in [2.75, 3.05) is 13.2 Å². The van der Waals surface area contributed by atoms with Crippen LogP contribution < -0.4 is 0 Å². The van der Waals surface area contributed by atoms with Crippen molar-refractivity contribution in [3.05, 3.63) is 52.2 Å². The van der Waals surface area contributed by atoms with Crippen molar-refractivity contribution in [1.82, 2.24) is 4.31 Å². The van der Waals surface area contributed by atoms with Crippen LogP contribution in [0.5, 0.6) is 0 Å². The van der Waals surface area contributed by atoms with Crippen molar-refractivity contribution in [2.24, 2.45) is 0 Å². The van der Waals surface area contributed by atoms with Crippen LogP contribution in [0.1, 0.15) is 35.0 Å². The Kier molecular flexibility index (Phi) is 5.68. The molecule has 134 valence electrons. The van der Waals surface area contributed by atoms with E-state index in [1.54, 1.807) is 18.2 Å². The van der Waals surface area contributed by atoms with Gasteiger partial charge in [-0.3, -0.25) is 4.79 Å². The predicted molar refractivity (Wildman–Crippen MR) is 97.3 cm³/mol. The number of sulfonamides is 1. The molecular formula is C18H21NO4S2. The van der Waals surface area contributed by atoms with E-state index in [-0.39, 0.29) is 16.8 Å². The van der Waals surface area contributed by atoms with E-state index < -0.39 is 10.0 Å². The molecule has 1 fully saturated rings. The van der Waals surface area contributed by atoms with E-state index in [4.69, 9.17) is 4.74 Å². The fraction of sp³-hybridized carbons (Fsp3) is 0.389. The smallest absolute Gasteiger partial charge is 0.243 e. The zero-order valence-corrected chi connectivity index (χ0v) is 15.7. The van der Waals surface area contributed by atoms with Gasteiger partial charge in [0.2, 0.25) is 10.0 Å². The lowest BCUT2D eigenvalue weighted by atomic mass is 10.2. The molecule has 1 aromatic heterocycles. The standard InChI is InChI=1S/C18H21NO4S2/c1-14(20)15-5-2-8-18(11-15)25(21,22)19(12-16-6-3-9-23-16)13-17-7-4-10-24-17/h2,4-5,7-8,10-11,16H,3,6,9,12-13H2,1H3. The molecule has 0 N–H and O–H groups in total. The average Bonchev–Trinajstić information content (AvgIpc) is 3.28. The molecule has 3 rings (SSSR count). The van der Waals surface area contributed by atoms with Crippen molar-refractivity contribution >= 4 is 27.1 Å². The van der Waals surface area contributed by atoms with Gasteiger partial charge in [-0.1, -0.05) is 18.2 Å². The Labute approximate surface area is 152 Å². The minimum Gasteiger partial charge on any atom is -0.377 e. The first kappa shape index (κ1) is 18.3. The third-order valence-electron chi connectivity index (χ3n) is 4.22. The molecule has 0 amide bonds. The van der Waals surface area contributed by atoms with Crippen LogP contribution in [0.3, 0.4) is 0 Å². The minimum absolute atomic E-state index is 0.0780. The number of nitrogens with zero attached hydrogens (tertiary/aromatic N) is 1. The Bertz CT molecular complexity index is 825. The second kappa shape index (κ2) is 7.78. The number of ether oxygens (including phenoxy) is 1. The van der Waals surface area contributed by atoms with Crippen LogP contribution in [0, 0.1) is 0 Å². The van der Waals surface area contributed by atoms with Gasteiger partial charge in [0.25, 0.3) is 0 Å². The number of carbonyl (C=O) groups is 1. The monoisotopic (exact) mass is 379 g/mol. The average molecular weight is 380 g/mol.